The molecule has 3 aromatic rings. The van der Waals surface area contributed by atoms with E-state index in [0.717, 1.165) is 49.2 Å². The molecule has 6 nitrogen and oxygen atoms in total. The number of carbonyl (C=O) groups is 1. The first-order chi connectivity index (χ1) is 13.5. The Hall–Kier alpha value is -2.29. The summed E-state index contributed by atoms with van der Waals surface area (Å²) in [5, 5.41) is 6.63. The summed E-state index contributed by atoms with van der Waals surface area (Å²) >= 11 is 7.22. The Labute approximate surface area is 173 Å². The maximum Gasteiger partial charge on any atom is 0.264 e. The molecule has 1 N–H and O–H groups in total. The highest BCUT2D eigenvalue weighted by Gasteiger charge is 2.25. The van der Waals surface area contributed by atoms with Crippen LogP contribution >= 0.6 is 23.6 Å². The molecule has 0 radical (unpaired) electrons. The maximum absolute atomic E-state index is 12.5. The van der Waals surface area contributed by atoms with Crippen LogP contribution < -0.4 is 4.90 Å². The molecule has 3 heterocycles. The summed E-state index contributed by atoms with van der Waals surface area (Å²) in [5.41, 5.74) is 2.25. The zero-order valence-corrected chi connectivity index (χ0v) is 17.7. The van der Waals surface area contributed by atoms with Crippen LogP contribution in [0, 0.1) is 18.6 Å². The van der Waals surface area contributed by atoms with E-state index >= 15 is 0 Å². The van der Waals surface area contributed by atoms with Gasteiger partial charge in [-0.05, 0) is 55.2 Å². The summed E-state index contributed by atoms with van der Waals surface area (Å²) in [6.07, 6.45) is 0. The fraction of sp³-hybridized carbons (Fsp3) is 0.350. The quantitative estimate of drug-likeness (QED) is 0.665. The van der Waals surface area contributed by atoms with Gasteiger partial charge >= 0.3 is 0 Å². The molecule has 1 aliphatic heterocycles. The minimum atomic E-state index is 0.144. The third-order valence-electron chi connectivity index (χ3n) is 5.12. The number of aryl methyl sites for hydroxylation is 2. The minimum Gasteiger partial charge on any atom is -0.327 e. The summed E-state index contributed by atoms with van der Waals surface area (Å²) in [6, 6.07) is 12.1. The summed E-state index contributed by atoms with van der Waals surface area (Å²) in [6.45, 7) is 8.10. The van der Waals surface area contributed by atoms with Gasteiger partial charge in [0.15, 0.2) is 6.67 Å². The number of aromatic nitrogens is 3. The van der Waals surface area contributed by atoms with E-state index in [0.29, 0.717) is 4.77 Å². The van der Waals surface area contributed by atoms with Crippen molar-refractivity contribution in [2.45, 2.75) is 20.5 Å². The first-order valence-electron chi connectivity index (χ1n) is 9.43. The lowest BCUT2D eigenvalue weighted by Crippen LogP contribution is -3.14. The van der Waals surface area contributed by atoms with E-state index in [4.69, 9.17) is 12.2 Å². The van der Waals surface area contributed by atoms with E-state index in [1.165, 1.54) is 21.8 Å². The van der Waals surface area contributed by atoms with Crippen molar-refractivity contribution in [3.05, 3.63) is 62.8 Å². The third-order valence-corrected chi connectivity index (χ3v) is 6.38. The van der Waals surface area contributed by atoms with Crippen LogP contribution in [0.5, 0.6) is 0 Å². The maximum atomic E-state index is 12.5. The van der Waals surface area contributed by atoms with Gasteiger partial charge in [0.25, 0.3) is 5.91 Å². The molecule has 0 bridgehead atoms. The van der Waals surface area contributed by atoms with Crippen molar-refractivity contribution in [3.63, 3.8) is 0 Å². The molecule has 1 fully saturated rings. The molecular weight excluding hydrogens is 390 g/mol. The molecule has 0 saturated carbocycles. The number of benzene rings is 1. The number of thiophene rings is 1. The van der Waals surface area contributed by atoms with Crippen molar-refractivity contribution >= 4 is 29.5 Å². The monoisotopic (exact) mass is 414 g/mol. The molecule has 0 atom stereocenters. The van der Waals surface area contributed by atoms with Crippen LogP contribution in [0.1, 0.15) is 21.1 Å². The number of nitrogens with one attached hydrogen (secondary N) is 1. The standard InChI is InChI=1S/C20H23N5OS2/c1-15-5-3-6-17(13-15)25-16(2)21-24(20(25)27)14-22-8-10-23(11-9-22)19(26)18-7-4-12-28-18/h3-7,12-13H,8-11,14H2,1-2H3/p+1. The van der Waals surface area contributed by atoms with Gasteiger partial charge in [0.05, 0.1) is 31.1 Å². The van der Waals surface area contributed by atoms with Gasteiger partial charge in [-0.1, -0.05) is 18.2 Å². The van der Waals surface area contributed by atoms with Gasteiger partial charge in [-0.3, -0.25) is 9.36 Å². The SMILES string of the molecule is Cc1cccc(-n2c(C)nn(C[NH+]3CCN(C(=O)c4cccs4)CC3)c2=S)c1. The lowest BCUT2D eigenvalue weighted by atomic mass is 10.2. The van der Waals surface area contributed by atoms with Crippen LogP contribution in [0.4, 0.5) is 0 Å². The van der Waals surface area contributed by atoms with E-state index < -0.39 is 0 Å². The second-order valence-corrected chi connectivity index (χ2v) is 8.49. The number of quaternary nitrogens is 1. The van der Waals surface area contributed by atoms with Crippen LogP contribution in [0.15, 0.2) is 41.8 Å². The molecule has 146 valence electrons. The first kappa shape index (κ1) is 19.0. The van der Waals surface area contributed by atoms with Crippen LogP contribution in [-0.4, -0.2) is 51.3 Å². The molecule has 4 rings (SSSR count). The van der Waals surface area contributed by atoms with Crippen molar-refractivity contribution < 1.29 is 9.69 Å². The molecule has 1 aliphatic rings. The van der Waals surface area contributed by atoms with E-state index in [2.05, 4.69) is 30.2 Å². The average Bonchev–Trinajstić information content (AvgIpc) is 3.31. The van der Waals surface area contributed by atoms with Gasteiger partial charge in [-0.15, -0.1) is 11.3 Å². The predicted molar refractivity (Wildman–Crippen MR) is 113 cm³/mol. The van der Waals surface area contributed by atoms with Gasteiger partial charge in [0.2, 0.25) is 4.77 Å². The van der Waals surface area contributed by atoms with Crippen molar-refractivity contribution in [2.24, 2.45) is 0 Å². The Morgan fingerprint density at radius 3 is 2.68 bits per heavy atom. The van der Waals surface area contributed by atoms with E-state index in [1.54, 1.807) is 0 Å². The van der Waals surface area contributed by atoms with E-state index in [9.17, 15) is 4.79 Å². The number of hydrogen-bond acceptors (Lipinski definition) is 4. The van der Waals surface area contributed by atoms with Crippen molar-refractivity contribution in [1.82, 2.24) is 19.2 Å². The normalized spacial score (nSPS) is 15.1. The zero-order valence-electron chi connectivity index (χ0n) is 16.1. The summed E-state index contributed by atoms with van der Waals surface area (Å²) in [7, 11) is 0. The van der Waals surface area contributed by atoms with Crippen LogP contribution in [0.25, 0.3) is 5.69 Å². The fourth-order valence-corrected chi connectivity index (χ4v) is 4.67. The Balaban J connectivity index is 1.44. The highest BCUT2D eigenvalue weighted by atomic mass is 32.1. The van der Waals surface area contributed by atoms with Crippen molar-refractivity contribution in [3.8, 4) is 5.69 Å². The number of hydrogen-bond donors (Lipinski definition) is 1. The van der Waals surface area contributed by atoms with Crippen LogP contribution in [0.2, 0.25) is 0 Å². The lowest BCUT2D eigenvalue weighted by molar-refractivity contribution is -0.927. The van der Waals surface area contributed by atoms with Gasteiger partial charge in [0, 0.05) is 5.69 Å². The second kappa shape index (κ2) is 7.98. The Kier molecular flexibility index (Phi) is 5.43. The Bertz CT molecular complexity index is 1030. The molecule has 8 heteroatoms. The van der Waals surface area contributed by atoms with Crippen molar-refractivity contribution in [1.29, 1.82) is 0 Å². The van der Waals surface area contributed by atoms with Gasteiger partial charge in [0.1, 0.15) is 5.82 Å². The topological polar surface area (TPSA) is 47.5 Å². The van der Waals surface area contributed by atoms with Gasteiger partial charge < -0.3 is 9.80 Å². The smallest absolute Gasteiger partial charge is 0.264 e. The molecule has 1 saturated heterocycles. The summed E-state index contributed by atoms with van der Waals surface area (Å²) in [5.74, 6) is 1.03. The highest BCUT2D eigenvalue weighted by Crippen LogP contribution is 2.14. The van der Waals surface area contributed by atoms with E-state index in [-0.39, 0.29) is 5.91 Å². The number of amides is 1. The summed E-state index contributed by atoms with van der Waals surface area (Å²) in [4.78, 5) is 16.7. The Morgan fingerprint density at radius 2 is 2.00 bits per heavy atom. The highest BCUT2D eigenvalue weighted by molar-refractivity contribution is 7.71. The Morgan fingerprint density at radius 1 is 1.21 bits per heavy atom. The minimum absolute atomic E-state index is 0.144. The molecular formula is C20H24N5OS2+. The number of nitrogens with zero attached hydrogens (tertiary/aromatic N) is 4. The fourth-order valence-electron chi connectivity index (χ4n) is 3.64. The van der Waals surface area contributed by atoms with E-state index in [1.807, 2.05) is 44.7 Å². The molecule has 0 aliphatic carbocycles. The van der Waals surface area contributed by atoms with Crippen LogP contribution in [0.3, 0.4) is 0 Å². The number of carbonyl (C=O) groups excluding carboxylic acids is 1. The molecule has 2 aromatic heterocycles. The average molecular weight is 415 g/mol. The number of rotatable bonds is 4. The van der Waals surface area contributed by atoms with Gasteiger partial charge in [-0.25, -0.2) is 0 Å². The lowest BCUT2D eigenvalue weighted by Gasteiger charge is -2.31. The molecule has 0 spiro atoms. The number of piperazine rings is 1. The largest absolute Gasteiger partial charge is 0.327 e. The molecule has 1 amide bonds. The first-order valence-corrected chi connectivity index (χ1v) is 10.7. The zero-order chi connectivity index (χ0) is 19.7. The van der Waals surface area contributed by atoms with Crippen LogP contribution in [-0.2, 0) is 6.67 Å². The molecule has 28 heavy (non-hydrogen) atoms. The predicted octanol–water partition coefficient (Wildman–Crippen LogP) is 2.08. The van der Waals surface area contributed by atoms with Crippen molar-refractivity contribution in [2.75, 3.05) is 26.2 Å². The second-order valence-electron chi connectivity index (χ2n) is 7.18. The molecule has 1 aromatic carbocycles. The summed E-state index contributed by atoms with van der Waals surface area (Å²) < 4.78 is 4.66. The third kappa shape index (κ3) is 3.80. The van der Waals surface area contributed by atoms with Gasteiger partial charge in [-0.2, -0.15) is 9.78 Å². The molecule has 0 unspecified atom stereocenters.